The molecular weight excluding hydrogens is 394 g/mol. The molecule has 1 aromatic carbocycles. The van der Waals surface area contributed by atoms with Gasteiger partial charge in [-0.05, 0) is 23.9 Å². The molecule has 0 saturated carbocycles. The molecule has 1 aliphatic heterocycles. The number of thiophene rings is 1. The van der Waals surface area contributed by atoms with E-state index < -0.39 is 30.3 Å². The van der Waals surface area contributed by atoms with Gasteiger partial charge in [-0.15, -0.1) is 11.3 Å². The second-order valence-electron chi connectivity index (χ2n) is 6.84. The number of nitrogens with one attached hydrogen (secondary N) is 1. The third-order valence-corrected chi connectivity index (χ3v) is 5.40. The highest BCUT2D eigenvalue weighted by atomic mass is 32.1. The fraction of sp³-hybridized carbons (Fsp3) is 0.300. The number of hydrogen-bond acceptors (Lipinski definition) is 6. The van der Waals surface area contributed by atoms with Crippen molar-refractivity contribution >= 4 is 40.0 Å². The van der Waals surface area contributed by atoms with E-state index >= 15 is 0 Å². The zero-order valence-electron chi connectivity index (χ0n) is 15.8. The Bertz CT molecular complexity index is 938. The van der Waals surface area contributed by atoms with E-state index in [2.05, 4.69) is 5.32 Å². The number of rotatable bonds is 7. The molecule has 3 amide bonds. The number of carbonyl (C=O) groups excluding carboxylic acids is 4. The topological polar surface area (TPSA) is 119 Å². The lowest BCUT2D eigenvalue weighted by Gasteiger charge is -2.16. The molecule has 3 rings (SSSR count). The van der Waals surface area contributed by atoms with Crippen LogP contribution in [0.2, 0.25) is 0 Å². The number of nitrogens with zero attached hydrogens (tertiary/aromatic N) is 1. The molecule has 2 aromatic rings. The number of carbonyl (C=O) groups is 4. The molecule has 1 saturated heterocycles. The van der Waals surface area contributed by atoms with Crippen LogP contribution in [-0.2, 0) is 25.7 Å². The van der Waals surface area contributed by atoms with Crippen molar-refractivity contribution in [3.05, 3.63) is 52.4 Å². The van der Waals surface area contributed by atoms with Gasteiger partial charge in [0.1, 0.15) is 5.00 Å². The number of benzene rings is 1. The Labute approximate surface area is 171 Å². The molecule has 3 N–H and O–H groups in total. The fourth-order valence-electron chi connectivity index (χ4n) is 3.01. The zero-order chi connectivity index (χ0) is 21.0. The third-order valence-electron chi connectivity index (χ3n) is 4.57. The number of likely N-dealkylation sites (tertiary alicyclic amines) is 1. The highest BCUT2D eigenvalue weighted by Crippen LogP contribution is 2.23. The number of aryl methyl sites for hydroxylation is 1. The van der Waals surface area contributed by atoms with E-state index in [0.717, 1.165) is 22.5 Å². The Morgan fingerprint density at radius 3 is 2.66 bits per heavy atom. The van der Waals surface area contributed by atoms with E-state index in [4.69, 9.17) is 10.5 Å². The van der Waals surface area contributed by atoms with Gasteiger partial charge >= 0.3 is 5.97 Å². The van der Waals surface area contributed by atoms with Gasteiger partial charge < -0.3 is 20.7 Å². The monoisotopic (exact) mass is 415 g/mol. The third kappa shape index (κ3) is 5.20. The van der Waals surface area contributed by atoms with Crippen LogP contribution in [-0.4, -0.2) is 41.7 Å². The molecule has 1 aliphatic rings. The second kappa shape index (κ2) is 8.87. The summed E-state index contributed by atoms with van der Waals surface area (Å²) in [5.74, 6) is -2.56. The van der Waals surface area contributed by atoms with E-state index in [0.29, 0.717) is 11.5 Å². The summed E-state index contributed by atoms with van der Waals surface area (Å²) in [4.78, 5) is 49.3. The van der Waals surface area contributed by atoms with Gasteiger partial charge in [-0.3, -0.25) is 19.2 Å². The highest BCUT2D eigenvalue weighted by Gasteiger charge is 2.35. The van der Waals surface area contributed by atoms with E-state index in [1.54, 1.807) is 10.3 Å². The number of ether oxygens (including phenoxy) is 1. The largest absolute Gasteiger partial charge is 0.455 e. The molecule has 1 atom stereocenters. The van der Waals surface area contributed by atoms with Gasteiger partial charge in [0, 0.05) is 19.5 Å². The zero-order valence-corrected chi connectivity index (χ0v) is 16.7. The molecule has 8 nitrogen and oxygen atoms in total. The second-order valence-corrected chi connectivity index (χ2v) is 7.76. The Morgan fingerprint density at radius 1 is 1.24 bits per heavy atom. The van der Waals surface area contributed by atoms with Crippen molar-refractivity contribution in [2.75, 3.05) is 18.5 Å². The number of hydrogen-bond donors (Lipinski definition) is 2. The fourth-order valence-corrected chi connectivity index (χ4v) is 3.82. The molecule has 0 unspecified atom stereocenters. The quantitative estimate of drug-likeness (QED) is 0.667. The maximum Gasteiger partial charge on any atom is 0.311 e. The number of esters is 1. The molecule has 1 aromatic heterocycles. The van der Waals surface area contributed by atoms with Crippen LogP contribution in [0.15, 0.2) is 35.7 Å². The summed E-state index contributed by atoms with van der Waals surface area (Å²) < 4.78 is 5.06. The van der Waals surface area contributed by atoms with Crippen LogP contribution in [0.1, 0.15) is 27.9 Å². The summed E-state index contributed by atoms with van der Waals surface area (Å²) >= 11 is 1.14. The normalized spacial score (nSPS) is 16.0. The first-order chi connectivity index (χ1) is 13.8. The number of anilines is 1. The minimum absolute atomic E-state index is 0.0586. The number of primary amides is 1. The standard InChI is InChI=1S/C20H21N3O5S/c1-12-2-4-13(5-3-12)9-23-10-14(8-17(23)25)20(27)28-11-16(24)22-19-15(18(21)26)6-7-29-19/h2-7,14H,8-11H2,1H3,(H2,21,26)(H,22,24)/t14-/m1/s1. The van der Waals surface area contributed by atoms with Crippen molar-refractivity contribution in [1.82, 2.24) is 4.90 Å². The SMILES string of the molecule is Cc1ccc(CN2C[C@H](C(=O)OCC(=O)Nc3sccc3C(N)=O)CC2=O)cc1. The first kappa shape index (κ1) is 20.5. The van der Waals surface area contributed by atoms with Crippen LogP contribution in [0.3, 0.4) is 0 Å². The first-order valence-corrected chi connectivity index (χ1v) is 9.88. The van der Waals surface area contributed by atoms with E-state index in [9.17, 15) is 19.2 Å². The van der Waals surface area contributed by atoms with Crippen LogP contribution in [0.4, 0.5) is 5.00 Å². The minimum atomic E-state index is -0.656. The minimum Gasteiger partial charge on any atom is -0.455 e. The summed E-state index contributed by atoms with van der Waals surface area (Å²) in [6.45, 7) is 2.17. The van der Waals surface area contributed by atoms with Crippen molar-refractivity contribution in [2.45, 2.75) is 19.9 Å². The van der Waals surface area contributed by atoms with Gasteiger partial charge in [-0.2, -0.15) is 0 Å². The highest BCUT2D eigenvalue weighted by molar-refractivity contribution is 7.14. The molecule has 152 valence electrons. The lowest BCUT2D eigenvalue weighted by atomic mass is 10.1. The maximum absolute atomic E-state index is 12.3. The molecule has 0 radical (unpaired) electrons. The van der Waals surface area contributed by atoms with Gasteiger partial charge in [0.2, 0.25) is 5.91 Å². The van der Waals surface area contributed by atoms with Crippen molar-refractivity contribution in [2.24, 2.45) is 11.7 Å². The molecule has 0 bridgehead atoms. The van der Waals surface area contributed by atoms with Crippen LogP contribution >= 0.6 is 11.3 Å². The smallest absolute Gasteiger partial charge is 0.311 e. The molecule has 0 spiro atoms. The predicted octanol–water partition coefficient (Wildman–Crippen LogP) is 1.69. The van der Waals surface area contributed by atoms with Gasteiger partial charge in [-0.1, -0.05) is 29.8 Å². The van der Waals surface area contributed by atoms with Crippen LogP contribution < -0.4 is 11.1 Å². The average molecular weight is 415 g/mol. The van der Waals surface area contributed by atoms with Crippen molar-refractivity contribution in [3.8, 4) is 0 Å². The summed E-state index contributed by atoms with van der Waals surface area (Å²) in [5, 5.41) is 4.42. The molecule has 2 heterocycles. The predicted molar refractivity (Wildman–Crippen MR) is 107 cm³/mol. The molecule has 9 heteroatoms. The van der Waals surface area contributed by atoms with E-state index in [1.807, 2.05) is 31.2 Å². The first-order valence-electron chi connectivity index (χ1n) is 9.00. The average Bonchev–Trinajstić information content (AvgIpc) is 3.28. The van der Waals surface area contributed by atoms with E-state index in [1.165, 1.54) is 6.07 Å². The van der Waals surface area contributed by atoms with Crippen molar-refractivity contribution in [3.63, 3.8) is 0 Å². The lowest BCUT2D eigenvalue weighted by Crippen LogP contribution is -2.28. The maximum atomic E-state index is 12.3. The number of amides is 3. The van der Waals surface area contributed by atoms with Gasteiger partial charge in [0.15, 0.2) is 6.61 Å². The number of nitrogens with two attached hydrogens (primary N) is 1. The van der Waals surface area contributed by atoms with E-state index in [-0.39, 0.29) is 24.4 Å². The van der Waals surface area contributed by atoms with Gasteiger partial charge in [-0.25, -0.2) is 0 Å². The van der Waals surface area contributed by atoms with Crippen LogP contribution in [0.5, 0.6) is 0 Å². The Morgan fingerprint density at radius 2 is 1.97 bits per heavy atom. The summed E-state index contributed by atoms with van der Waals surface area (Å²) in [6, 6.07) is 9.34. The van der Waals surface area contributed by atoms with Gasteiger partial charge in [0.05, 0.1) is 11.5 Å². The molecule has 29 heavy (non-hydrogen) atoms. The van der Waals surface area contributed by atoms with Crippen molar-refractivity contribution < 1.29 is 23.9 Å². The molecular formula is C20H21N3O5S. The van der Waals surface area contributed by atoms with Crippen LogP contribution in [0, 0.1) is 12.8 Å². The summed E-state index contributed by atoms with van der Waals surface area (Å²) in [5.41, 5.74) is 7.54. The lowest BCUT2D eigenvalue weighted by molar-refractivity contribution is -0.151. The molecule has 1 fully saturated rings. The Hall–Kier alpha value is -3.20. The summed E-state index contributed by atoms with van der Waals surface area (Å²) in [7, 11) is 0. The van der Waals surface area contributed by atoms with Crippen LogP contribution in [0.25, 0.3) is 0 Å². The Kier molecular flexibility index (Phi) is 6.28. The van der Waals surface area contributed by atoms with Gasteiger partial charge in [0.25, 0.3) is 11.8 Å². The summed E-state index contributed by atoms with van der Waals surface area (Å²) in [6.07, 6.45) is 0.0586. The molecule has 0 aliphatic carbocycles. The van der Waals surface area contributed by atoms with Crippen molar-refractivity contribution in [1.29, 1.82) is 0 Å². The Balaban J connectivity index is 1.48.